The molecule has 2 unspecified atom stereocenters. The van der Waals surface area contributed by atoms with E-state index in [1.54, 1.807) is 0 Å². The van der Waals surface area contributed by atoms with Gasteiger partial charge in [-0.3, -0.25) is 9.59 Å². The lowest BCUT2D eigenvalue weighted by molar-refractivity contribution is -0.128. The average molecular weight is 230 g/mol. The van der Waals surface area contributed by atoms with Crippen LogP contribution < -0.4 is 11.1 Å². The number of nitrogens with two attached hydrogens (primary N) is 1. The highest BCUT2D eigenvalue weighted by Gasteiger charge is 2.18. The van der Waals surface area contributed by atoms with E-state index in [0.717, 1.165) is 25.7 Å². The molecule has 94 valence electrons. The fourth-order valence-electron chi connectivity index (χ4n) is 1.41. The summed E-state index contributed by atoms with van der Waals surface area (Å²) in [5, 5.41) is 11.7. The average Bonchev–Trinajstić information content (AvgIpc) is 2.26. The van der Waals surface area contributed by atoms with Gasteiger partial charge in [0.2, 0.25) is 11.8 Å². The molecule has 5 heteroatoms. The summed E-state index contributed by atoms with van der Waals surface area (Å²) >= 11 is 0. The van der Waals surface area contributed by atoms with Crippen LogP contribution in [0.2, 0.25) is 0 Å². The maximum atomic E-state index is 11.6. The third-order valence-corrected chi connectivity index (χ3v) is 2.57. The van der Waals surface area contributed by atoms with Crippen molar-refractivity contribution in [3.8, 4) is 0 Å². The number of nitrogens with one attached hydrogen (secondary N) is 1. The van der Waals surface area contributed by atoms with Crippen LogP contribution >= 0.6 is 0 Å². The highest BCUT2D eigenvalue weighted by Crippen LogP contribution is 2.12. The Morgan fingerprint density at radius 3 is 2.44 bits per heavy atom. The van der Waals surface area contributed by atoms with E-state index in [2.05, 4.69) is 12.2 Å². The van der Waals surface area contributed by atoms with Gasteiger partial charge in [-0.1, -0.05) is 26.7 Å². The number of rotatable bonds is 8. The standard InChI is InChI=1S/C11H22N2O3/c1-3-5-6-8(4-2)11(16)13-7-9(14)10(12)15/h8-9,14H,3-7H2,1-2H3,(H2,12,15)(H,13,16). The van der Waals surface area contributed by atoms with Crippen molar-refractivity contribution in [1.29, 1.82) is 0 Å². The zero-order chi connectivity index (χ0) is 12.6. The van der Waals surface area contributed by atoms with Crippen molar-refractivity contribution in [3.63, 3.8) is 0 Å². The Morgan fingerprint density at radius 1 is 1.38 bits per heavy atom. The molecule has 4 N–H and O–H groups in total. The van der Waals surface area contributed by atoms with Gasteiger partial charge < -0.3 is 16.2 Å². The van der Waals surface area contributed by atoms with Crippen LogP contribution in [0.15, 0.2) is 0 Å². The maximum absolute atomic E-state index is 11.6. The molecule has 0 aromatic heterocycles. The zero-order valence-electron chi connectivity index (χ0n) is 10.0. The number of aliphatic hydroxyl groups is 1. The van der Waals surface area contributed by atoms with Gasteiger partial charge in [0.05, 0.1) is 6.54 Å². The van der Waals surface area contributed by atoms with Gasteiger partial charge in [-0.05, 0) is 12.8 Å². The second-order valence-corrected chi connectivity index (χ2v) is 3.91. The van der Waals surface area contributed by atoms with Crippen LogP contribution in [0.5, 0.6) is 0 Å². The summed E-state index contributed by atoms with van der Waals surface area (Å²) in [5.41, 5.74) is 4.87. The van der Waals surface area contributed by atoms with E-state index in [4.69, 9.17) is 10.8 Å². The second-order valence-electron chi connectivity index (χ2n) is 3.91. The first-order chi connectivity index (χ1) is 7.52. The monoisotopic (exact) mass is 230 g/mol. The summed E-state index contributed by atoms with van der Waals surface area (Å²) in [6, 6.07) is 0. The number of carbonyl (C=O) groups is 2. The third-order valence-electron chi connectivity index (χ3n) is 2.57. The van der Waals surface area contributed by atoms with Gasteiger partial charge in [-0.25, -0.2) is 0 Å². The summed E-state index contributed by atoms with van der Waals surface area (Å²) in [5.74, 6) is -0.974. The Balaban J connectivity index is 3.96. The molecule has 0 aromatic rings. The van der Waals surface area contributed by atoms with E-state index < -0.39 is 12.0 Å². The first-order valence-corrected chi connectivity index (χ1v) is 5.77. The molecule has 0 aliphatic carbocycles. The minimum atomic E-state index is -1.30. The van der Waals surface area contributed by atoms with Crippen LogP contribution in [0.25, 0.3) is 0 Å². The molecule has 0 aromatic carbocycles. The molecule has 0 spiro atoms. The lowest BCUT2D eigenvalue weighted by Crippen LogP contribution is -2.42. The van der Waals surface area contributed by atoms with Crippen LogP contribution in [0.4, 0.5) is 0 Å². The van der Waals surface area contributed by atoms with Gasteiger partial charge in [0.15, 0.2) is 0 Å². The first-order valence-electron chi connectivity index (χ1n) is 5.77. The van der Waals surface area contributed by atoms with E-state index in [9.17, 15) is 9.59 Å². The van der Waals surface area contributed by atoms with Gasteiger partial charge in [-0.2, -0.15) is 0 Å². The number of unbranched alkanes of at least 4 members (excludes halogenated alkanes) is 1. The van der Waals surface area contributed by atoms with Crippen LogP contribution in [0, 0.1) is 5.92 Å². The third kappa shape index (κ3) is 5.70. The van der Waals surface area contributed by atoms with E-state index in [0.29, 0.717) is 0 Å². The predicted molar refractivity (Wildman–Crippen MR) is 61.5 cm³/mol. The number of primary amides is 1. The Bertz CT molecular complexity index is 231. The summed E-state index contributed by atoms with van der Waals surface area (Å²) in [6.07, 6.45) is 2.36. The topological polar surface area (TPSA) is 92.4 Å². The van der Waals surface area contributed by atoms with Gasteiger partial charge in [-0.15, -0.1) is 0 Å². The Labute approximate surface area is 96.4 Å². The molecular weight excluding hydrogens is 208 g/mol. The molecule has 0 aliphatic heterocycles. The predicted octanol–water partition coefficient (Wildman–Crippen LogP) is 0.165. The molecule has 0 radical (unpaired) electrons. The summed E-state index contributed by atoms with van der Waals surface area (Å²) in [7, 11) is 0. The first kappa shape index (κ1) is 14.9. The summed E-state index contributed by atoms with van der Waals surface area (Å²) < 4.78 is 0. The molecule has 0 heterocycles. The van der Waals surface area contributed by atoms with E-state index in [1.807, 2.05) is 6.92 Å². The molecule has 16 heavy (non-hydrogen) atoms. The van der Waals surface area contributed by atoms with Crippen molar-refractivity contribution >= 4 is 11.8 Å². The zero-order valence-corrected chi connectivity index (χ0v) is 10.0. The largest absolute Gasteiger partial charge is 0.381 e. The van der Waals surface area contributed by atoms with Crippen LogP contribution in [0.3, 0.4) is 0 Å². The van der Waals surface area contributed by atoms with E-state index >= 15 is 0 Å². The Hall–Kier alpha value is -1.10. The molecule has 0 saturated carbocycles. The van der Waals surface area contributed by atoms with Gasteiger partial charge in [0.25, 0.3) is 0 Å². The van der Waals surface area contributed by atoms with Crippen LogP contribution in [0.1, 0.15) is 39.5 Å². The number of aliphatic hydroxyl groups excluding tert-OH is 1. The van der Waals surface area contributed by atoms with Gasteiger partial charge in [0, 0.05) is 5.92 Å². The normalized spacial score (nSPS) is 14.2. The molecule has 0 bridgehead atoms. The molecule has 5 nitrogen and oxygen atoms in total. The minimum Gasteiger partial charge on any atom is -0.381 e. The lowest BCUT2D eigenvalue weighted by atomic mass is 9.98. The number of amides is 2. The van der Waals surface area contributed by atoms with Gasteiger partial charge >= 0.3 is 0 Å². The number of carbonyl (C=O) groups excluding carboxylic acids is 2. The molecule has 0 fully saturated rings. The van der Waals surface area contributed by atoms with E-state index in [1.165, 1.54) is 0 Å². The molecular formula is C11H22N2O3. The van der Waals surface area contributed by atoms with Gasteiger partial charge in [0.1, 0.15) is 6.10 Å². The maximum Gasteiger partial charge on any atom is 0.248 e. The quantitative estimate of drug-likeness (QED) is 0.555. The molecule has 0 rings (SSSR count). The van der Waals surface area contributed by atoms with Crippen molar-refractivity contribution in [1.82, 2.24) is 5.32 Å². The van der Waals surface area contributed by atoms with E-state index in [-0.39, 0.29) is 18.4 Å². The lowest BCUT2D eigenvalue weighted by Gasteiger charge is -2.15. The minimum absolute atomic E-state index is 0.0416. The summed E-state index contributed by atoms with van der Waals surface area (Å²) in [6.45, 7) is 3.92. The molecule has 0 saturated heterocycles. The Morgan fingerprint density at radius 2 is 2.00 bits per heavy atom. The van der Waals surface area contributed by atoms with Crippen molar-refractivity contribution in [2.24, 2.45) is 11.7 Å². The molecule has 0 aliphatic rings. The second kappa shape index (κ2) is 8.10. The summed E-state index contributed by atoms with van der Waals surface area (Å²) in [4.78, 5) is 22.2. The molecule has 2 amide bonds. The SMILES string of the molecule is CCCCC(CC)C(=O)NCC(O)C(N)=O. The fraction of sp³-hybridized carbons (Fsp3) is 0.818. The van der Waals surface area contributed by atoms with Crippen LogP contribution in [-0.4, -0.2) is 29.6 Å². The highest BCUT2D eigenvalue weighted by atomic mass is 16.3. The van der Waals surface area contributed by atoms with Crippen LogP contribution in [-0.2, 0) is 9.59 Å². The number of hydrogen-bond acceptors (Lipinski definition) is 3. The van der Waals surface area contributed by atoms with Crippen molar-refractivity contribution in [2.45, 2.75) is 45.6 Å². The smallest absolute Gasteiger partial charge is 0.248 e. The van der Waals surface area contributed by atoms with Crippen molar-refractivity contribution < 1.29 is 14.7 Å². The number of hydrogen-bond donors (Lipinski definition) is 3. The fourth-order valence-corrected chi connectivity index (χ4v) is 1.41. The van der Waals surface area contributed by atoms with Crippen molar-refractivity contribution in [3.05, 3.63) is 0 Å². The Kier molecular flexibility index (Phi) is 7.54. The van der Waals surface area contributed by atoms with Crippen molar-refractivity contribution in [2.75, 3.05) is 6.54 Å². The molecule has 2 atom stereocenters. The highest BCUT2D eigenvalue weighted by molar-refractivity contribution is 5.81.